The number of anilines is 1. The Hall–Kier alpha value is -1.58. The Balaban J connectivity index is 3.01. The molecule has 0 spiro atoms. The van der Waals surface area contributed by atoms with E-state index in [0.29, 0.717) is 12.8 Å². The topological polar surface area (TPSA) is 49.3 Å². The zero-order valence-electron chi connectivity index (χ0n) is 10.2. The number of aliphatic carboxylic acids is 1. The minimum Gasteiger partial charge on any atom is -0.480 e. The van der Waals surface area contributed by atoms with Crippen molar-refractivity contribution in [2.75, 3.05) is 5.32 Å². The maximum Gasteiger partial charge on any atom is 0.329 e. The lowest BCUT2D eigenvalue weighted by molar-refractivity contribution is -0.142. The Morgan fingerprint density at radius 2 is 2.06 bits per heavy atom. The predicted octanol–water partition coefficient (Wildman–Crippen LogP) is 3.27. The number of benzene rings is 1. The molecule has 0 amide bonds. The van der Waals surface area contributed by atoms with E-state index in [2.05, 4.69) is 5.32 Å². The summed E-state index contributed by atoms with van der Waals surface area (Å²) in [4.78, 5) is 11.4. The van der Waals surface area contributed by atoms with Gasteiger partial charge in [0.15, 0.2) is 0 Å². The fraction of sp³-hybridized carbons (Fsp3) is 0.462. The third-order valence-electron chi connectivity index (χ3n) is 2.94. The van der Waals surface area contributed by atoms with Gasteiger partial charge in [-0.25, -0.2) is 9.18 Å². The fourth-order valence-corrected chi connectivity index (χ4v) is 1.89. The van der Waals surface area contributed by atoms with Gasteiger partial charge in [0.2, 0.25) is 0 Å². The average Bonchev–Trinajstić information content (AvgIpc) is 2.31. The second kappa shape index (κ2) is 5.66. The number of carboxylic acids is 1. The first kappa shape index (κ1) is 13.5. The van der Waals surface area contributed by atoms with Gasteiger partial charge in [-0.1, -0.05) is 32.4 Å². The SMILES string of the molecule is CCCC(CC)(Nc1ccccc1F)C(=O)O. The van der Waals surface area contributed by atoms with Crippen molar-refractivity contribution in [2.24, 2.45) is 0 Å². The Morgan fingerprint density at radius 1 is 1.41 bits per heavy atom. The first-order chi connectivity index (χ1) is 8.05. The maximum atomic E-state index is 13.5. The van der Waals surface area contributed by atoms with Gasteiger partial charge in [0.25, 0.3) is 0 Å². The van der Waals surface area contributed by atoms with E-state index in [-0.39, 0.29) is 5.69 Å². The highest BCUT2D eigenvalue weighted by molar-refractivity contribution is 5.82. The van der Waals surface area contributed by atoms with Crippen molar-refractivity contribution in [1.29, 1.82) is 0 Å². The van der Waals surface area contributed by atoms with Gasteiger partial charge in [-0.2, -0.15) is 0 Å². The van der Waals surface area contributed by atoms with Gasteiger partial charge in [0.1, 0.15) is 11.4 Å². The lowest BCUT2D eigenvalue weighted by atomic mass is 9.90. The molecule has 2 N–H and O–H groups in total. The number of hydrogen-bond donors (Lipinski definition) is 2. The molecule has 0 aliphatic rings. The predicted molar refractivity (Wildman–Crippen MR) is 65.6 cm³/mol. The van der Waals surface area contributed by atoms with Crippen molar-refractivity contribution in [3.63, 3.8) is 0 Å². The van der Waals surface area contributed by atoms with Crippen molar-refractivity contribution in [3.05, 3.63) is 30.1 Å². The average molecular weight is 239 g/mol. The third-order valence-corrected chi connectivity index (χ3v) is 2.94. The van der Waals surface area contributed by atoms with Crippen LogP contribution in [0.4, 0.5) is 10.1 Å². The van der Waals surface area contributed by atoms with Gasteiger partial charge >= 0.3 is 5.97 Å². The lowest BCUT2D eigenvalue weighted by Crippen LogP contribution is -2.46. The number of para-hydroxylation sites is 1. The van der Waals surface area contributed by atoms with Crippen LogP contribution < -0.4 is 5.32 Å². The van der Waals surface area contributed by atoms with Gasteiger partial charge in [0.05, 0.1) is 5.69 Å². The van der Waals surface area contributed by atoms with E-state index in [1.54, 1.807) is 25.1 Å². The number of halogens is 1. The molecule has 0 aliphatic heterocycles. The molecular formula is C13H18FNO2. The van der Waals surface area contributed by atoms with Gasteiger partial charge in [-0.3, -0.25) is 0 Å². The van der Waals surface area contributed by atoms with Crippen LogP contribution in [0.15, 0.2) is 24.3 Å². The van der Waals surface area contributed by atoms with E-state index in [0.717, 1.165) is 6.42 Å². The van der Waals surface area contributed by atoms with Crippen LogP contribution in [-0.4, -0.2) is 16.6 Å². The normalized spacial score (nSPS) is 14.1. The van der Waals surface area contributed by atoms with Crippen LogP contribution in [0.2, 0.25) is 0 Å². The van der Waals surface area contributed by atoms with Crippen LogP contribution in [-0.2, 0) is 4.79 Å². The molecule has 0 aliphatic carbocycles. The summed E-state index contributed by atoms with van der Waals surface area (Å²) >= 11 is 0. The number of carbonyl (C=O) groups is 1. The molecular weight excluding hydrogens is 221 g/mol. The first-order valence-corrected chi connectivity index (χ1v) is 5.82. The molecule has 0 fully saturated rings. The van der Waals surface area contributed by atoms with Gasteiger partial charge in [0, 0.05) is 0 Å². The molecule has 0 radical (unpaired) electrons. The Bertz CT molecular complexity index is 395. The van der Waals surface area contributed by atoms with Crippen LogP contribution in [0, 0.1) is 5.82 Å². The Morgan fingerprint density at radius 3 is 2.53 bits per heavy atom. The molecule has 17 heavy (non-hydrogen) atoms. The van der Waals surface area contributed by atoms with Crippen molar-refractivity contribution >= 4 is 11.7 Å². The van der Waals surface area contributed by atoms with E-state index in [1.807, 2.05) is 6.92 Å². The summed E-state index contributed by atoms with van der Waals surface area (Å²) in [5.41, 5.74) is -0.845. The lowest BCUT2D eigenvalue weighted by Gasteiger charge is -2.30. The van der Waals surface area contributed by atoms with Crippen LogP contribution in [0.25, 0.3) is 0 Å². The van der Waals surface area contributed by atoms with Crippen molar-refractivity contribution < 1.29 is 14.3 Å². The molecule has 4 heteroatoms. The van der Waals surface area contributed by atoms with Crippen molar-refractivity contribution in [1.82, 2.24) is 0 Å². The standard InChI is InChI=1S/C13H18FNO2/c1-3-9-13(4-2,12(16)17)15-11-8-6-5-7-10(11)14/h5-8,15H,3-4,9H2,1-2H3,(H,16,17). The van der Waals surface area contributed by atoms with Gasteiger partial charge in [-0.05, 0) is 25.0 Å². The molecule has 1 unspecified atom stereocenters. The van der Waals surface area contributed by atoms with Crippen LogP contribution in [0.1, 0.15) is 33.1 Å². The second-order valence-electron chi connectivity index (χ2n) is 4.10. The van der Waals surface area contributed by atoms with Crippen LogP contribution >= 0.6 is 0 Å². The Kier molecular flexibility index (Phi) is 4.49. The summed E-state index contributed by atoms with van der Waals surface area (Å²) in [6, 6.07) is 6.13. The quantitative estimate of drug-likeness (QED) is 0.801. The molecule has 0 bridgehead atoms. The highest BCUT2D eigenvalue weighted by Gasteiger charge is 2.36. The molecule has 1 aromatic rings. The van der Waals surface area contributed by atoms with E-state index in [9.17, 15) is 14.3 Å². The second-order valence-corrected chi connectivity index (χ2v) is 4.10. The molecule has 1 atom stereocenters. The molecule has 94 valence electrons. The summed E-state index contributed by atoms with van der Waals surface area (Å²) in [7, 11) is 0. The molecule has 0 aromatic heterocycles. The maximum absolute atomic E-state index is 13.5. The van der Waals surface area contributed by atoms with E-state index in [4.69, 9.17) is 0 Å². The molecule has 3 nitrogen and oxygen atoms in total. The van der Waals surface area contributed by atoms with Crippen molar-refractivity contribution in [3.8, 4) is 0 Å². The molecule has 0 heterocycles. The number of hydrogen-bond acceptors (Lipinski definition) is 2. The zero-order valence-corrected chi connectivity index (χ0v) is 10.2. The summed E-state index contributed by atoms with van der Waals surface area (Å²) < 4.78 is 13.5. The number of nitrogens with one attached hydrogen (secondary N) is 1. The highest BCUT2D eigenvalue weighted by Crippen LogP contribution is 2.25. The van der Waals surface area contributed by atoms with Crippen LogP contribution in [0.5, 0.6) is 0 Å². The third kappa shape index (κ3) is 2.96. The molecule has 1 aromatic carbocycles. The summed E-state index contributed by atoms with van der Waals surface area (Å²) in [5, 5.41) is 12.2. The van der Waals surface area contributed by atoms with E-state index < -0.39 is 17.3 Å². The minimum absolute atomic E-state index is 0.241. The number of carboxylic acid groups (broad SMARTS) is 1. The summed E-state index contributed by atoms with van der Waals surface area (Å²) in [5.74, 6) is -1.37. The van der Waals surface area contributed by atoms with E-state index >= 15 is 0 Å². The largest absolute Gasteiger partial charge is 0.480 e. The smallest absolute Gasteiger partial charge is 0.329 e. The molecule has 1 rings (SSSR count). The monoisotopic (exact) mass is 239 g/mol. The summed E-state index contributed by atoms with van der Waals surface area (Å²) in [6.07, 6.45) is 1.60. The van der Waals surface area contributed by atoms with Gasteiger partial charge < -0.3 is 10.4 Å². The van der Waals surface area contributed by atoms with E-state index in [1.165, 1.54) is 6.07 Å². The summed E-state index contributed by atoms with van der Waals surface area (Å²) in [6.45, 7) is 3.70. The zero-order chi connectivity index (χ0) is 12.9. The van der Waals surface area contributed by atoms with Gasteiger partial charge in [-0.15, -0.1) is 0 Å². The molecule has 0 saturated carbocycles. The van der Waals surface area contributed by atoms with Crippen molar-refractivity contribution in [2.45, 2.75) is 38.6 Å². The Labute approximate surface area is 101 Å². The first-order valence-electron chi connectivity index (χ1n) is 5.82. The fourth-order valence-electron chi connectivity index (χ4n) is 1.89. The number of rotatable bonds is 6. The molecule has 0 saturated heterocycles. The highest BCUT2D eigenvalue weighted by atomic mass is 19.1. The van der Waals surface area contributed by atoms with Crippen LogP contribution in [0.3, 0.4) is 0 Å². The minimum atomic E-state index is -1.09.